The van der Waals surface area contributed by atoms with Gasteiger partial charge in [-0.2, -0.15) is 5.10 Å². The number of carbonyl (C=O) groups is 1. The van der Waals surface area contributed by atoms with Crippen LogP contribution in [0.2, 0.25) is 0 Å². The van der Waals surface area contributed by atoms with Crippen molar-refractivity contribution in [3.05, 3.63) is 84.0 Å². The summed E-state index contributed by atoms with van der Waals surface area (Å²) in [5.41, 5.74) is 1.91. The number of benzene rings is 1. The lowest BCUT2D eigenvalue weighted by molar-refractivity contribution is -0.136. The highest BCUT2D eigenvalue weighted by atomic mass is 19.1. The van der Waals surface area contributed by atoms with Gasteiger partial charge in [0.2, 0.25) is 0 Å². The van der Waals surface area contributed by atoms with Gasteiger partial charge in [-0.3, -0.25) is 4.79 Å². The summed E-state index contributed by atoms with van der Waals surface area (Å²) >= 11 is 0. The number of amides is 1. The second-order valence-electron chi connectivity index (χ2n) is 7.59. The van der Waals surface area contributed by atoms with Crippen LogP contribution in [0.25, 0.3) is 6.08 Å². The average molecular weight is 420 g/mol. The van der Waals surface area contributed by atoms with Crippen molar-refractivity contribution in [2.45, 2.75) is 25.3 Å². The van der Waals surface area contributed by atoms with Gasteiger partial charge in [0.05, 0.1) is 18.2 Å². The third-order valence-electron chi connectivity index (χ3n) is 5.64. The zero-order valence-electron chi connectivity index (χ0n) is 16.7. The summed E-state index contributed by atoms with van der Waals surface area (Å²) in [7, 11) is 0. The molecular formula is C24H21FN2O4. The van der Waals surface area contributed by atoms with Crippen molar-refractivity contribution in [2.75, 3.05) is 6.61 Å². The molecule has 7 heteroatoms. The Bertz CT molecular complexity index is 1120. The zero-order valence-corrected chi connectivity index (χ0v) is 16.7. The molecule has 0 bridgehead atoms. The summed E-state index contributed by atoms with van der Waals surface area (Å²) in [6, 6.07) is 13.0. The largest absolute Gasteiger partial charge is 0.481 e. The Morgan fingerprint density at radius 2 is 2.00 bits per heavy atom. The first kappa shape index (κ1) is 19.4. The molecule has 1 aromatic carbocycles. The van der Waals surface area contributed by atoms with E-state index in [1.165, 1.54) is 17.1 Å². The maximum Gasteiger partial charge on any atom is 0.281 e. The maximum atomic E-state index is 13.9. The van der Waals surface area contributed by atoms with Crippen molar-refractivity contribution in [1.82, 2.24) is 5.01 Å². The summed E-state index contributed by atoms with van der Waals surface area (Å²) in [6.07, 6.45) is 7.92. The van der Waals surface area contributed by atoms with Crippen molar-refractivity contribution >= 4 is 17.7 Å². The Balaban J connectivity index is 1.44. The quantitative estimate of drug-likeness (QED) is 0.568. The van der Waals surface area contributed by atoms with Crippen LogP contribution in [-0.4, -0.2) is 23.2 Å². The highest BCUT2D eigenvalue weighted by molar-refractivity contribution is 6.08. The van der Waals surface area contributed by atoms with Gasteiger partial charge in [0.1, 0.15) is 17.6 Å². The van der Waals surface area contributed by atoms with Gasteiger partial charge in [0.25, 0.3) is 5.91 Å². The first-order valence-corrected chi connectivity index (χ1v) is 10.3. The van der Waals surface area contributed by atoms with Gasteiger partial charge >= 0.3 is 0 Å². The minimum absolute atomic E-state index is 0.0125. The molecule has 2 aliphatic rings. The van der Waals surface area contributed by atoms with Crippen LogP contribution in [0.15, 0.2) is 80.6 Å². The predicted molar refractivity (Wildman–Crippen MR) is 112 cm³/mol. The van der Waals surface area contributed by atoms with Crippen LogP contribution >= 0.6 is 0 Å². The second kappa shape index (κ2) is 8.26. The highest BCUT2D eigenvalue weighted by Gasteiger charge is 2.45. The number of hydrogen-bond acceptors (Lipinski definition) is 5. The van der Waals surface area contributed by atoms with E-state index in [2.05, 4.69) is 0 Å². The Hall–Kier alpha value is -3.61. The summed E-state index contributed by atoms with van der Waals surface area (Å²) in [6.45, 7) is -0.321. The lowest BCUT2D eigenvalue weighted by Crippen LogP contribution is -2.34. The van der Waals surface area contributed by atoms with Crippen LogP contribution in [0, 0.1) is 11.7 Å². The van der Waals surface area contributed by atoms with Crippen LogP contribution in [0.4, 0.5) is 4.39 Å². The minimum Gasteiger partial charge on any atom is -0.481 e. The molecule has 6 nitrogen and oxygen atoms in total. The molecular weight excluding hydrogens is 399 g/mol. The van der Waals surface area contributed by atoms with Crippen LogP contribution in [0.1, 0.15) is 36.8 Å². The van der Waals surface area contributed by atoms with E-state index in [1.54, 1.807) is 30.7 Å². The van der Waals surface area contributed by atoms with E-state index in [1.807, 2.05) is 24.3 Å². The number of fused-ring (bicyclic) bond motifs is 1. The SMILES string of the molecule is O=C(COc1ccccc1F)N1N=C2/C(=C\c3ccco3)CCC[C@H]2[C@H]1c1ccco1. The molecule has 0 saturated heterocycles. The fourth-order valence-corrected chi connectivity index (χ4v) is 4.26. The van der Waals surface area contributed by atoms with Crippen molar-refractivity contribution in [3.8, 4) is 5.75 Å². The maximum absolute atomic E-state index is 13.9. The van der Waals surface area contributed by atoms with E-state index in [0.717, 1.165) is 36.3 Å². The summed E-state index contributed by atoms with van der Waals surface area (Å²) in [4.78, 5) is 13.1. The topological polar surface area (TPSA) is 68.2 Å². The van der Waals surface area contributed by atoms with Crippen molar-refractivity contribution < 1.29 is 22.8 Å². The molecule has 2 atom stereocenters. The van der Waals surface area contributed by atoms with E-state index < -0.39 is 5.82 Å². The standard InChI is InChI=1S/C24H21FN2O4/c25-19-9-1-2-10-20(19)31-15-22(28)27-24(21-11-5-13-30-21)18-8-3-6-16(23(18)26-27)14-17-7-4-12-29-17/h1-2,4-5,7,9-14,18,24H,3,6,8,15H2/b16-14-/t18-,24+/m1/s1. The highest BCUT2D eigenvalue weighted by Crippen LogP contribution is 2.44. The Kier molecular flexibility index (Phi) is 5.16. The van der Waals surface area contributed by atoms with E-state index in [-0.39, 0.29) is 30.2 Å². The third-order valence-corrected chi connectivity index (χ3v) is 5.64. The van der Waals surface area contributed by atoms with Gasteiger partial charge in [-0.05, 0) is 67.3 Å². The van der Waals surface area contributed by atoms with Crippen molar-refractivity contribution in [1.29, 1.82) is 0 Å². The second-order valence-corrected chi connectivity index (χ2v) is 7.59. The molecule has 5 rings (SSSR count). The molecule has 3 heterocycles. The van der Waals surface area contributed by atoms with Gasteiger partial charge in [-0.15, -0.1) is 0 Å². The molecule has 1 aliphatic carbocycles. The fourth-order valence-electron chi connectivity index (χ4n) is 4.26. The average Bonchev–Trinajstić information content (AvgIpc) is 3.53. The van der Waals surface area contributed by atoms with E-state index in [0.29, 0.717) is 5.76 Å². The van der Waals surface area contributed by atoms with Gasteiger partial charge < -0.3 is 13.6 Å². The number of hydrazone groups is 1. The minimum atomic E-state index is -0.511. The van der Waals surface area contributed by atoms with Crippen LogP contribution in [0.3, 0.4) is 0 Å². The van der Waals surface area contributed by atoms with E-state index in [4.69, 9.17) is 18.7 Å². The molecule has 158 valence electrons. The number of hydrogen-bond donors (Lipinski definition) is 0. The molecule has 0 N–H and O–H groups in total. The third kappa shape index (κ3) is 3.79. The van der Waals surface area contributed by atoms with Gasteiger partial charge in [0.15, 0.2) is 18.2 Å². The lowest BCUT2D eigenvalue weighted by atomic mass is 9.79. The number of ether oxygens (including phenoxy) is 1. The molecule has 31 heavy (non-hydrogen) atoms. The molecule has 0 radical (unpaired) electrons. The van der Waals surface area contributed by atoms with Crippen LogP contribution in [0.5, 0.6) is 5.75 Å². The number of rotatable bonds is 5. The Morgan fingerprint density at radius 1 is 1.16 bits per heavy atom. The Morgan fingerprint density at radius 3 is 2.77 bits per heavy atom. The molecule has 0 spiro atoms. The first-order valence-electron chi connectivity index (χ1n) is 10.3. The summed E-state index contributed by atoms with van der Waals surface area (Å²) in [5.74, 6) is 0.598. The number of furan rings is 2. The molecule has 1 amide bonds. The normalized spacial score (nSPS) is 21.8. The monoisotopic (exact) mass is 420 g/mol. The summed E-state index contributed by atoms with van der Waals surface area (Å²) < 4.78 is 30.5. The van der Waals surface area contributed by atoms with Gasteiger partial charge in [0, 0.05) is 5.92 Å². The number of nitrogens with zero attached hydrogens (tertiary/aromatic N) is 2. The van der Waals surface area contributed by atoms with Gasteiger partial charge in [-0.25, -0.2) is 9.40 Å². The number of halogens is 1. The van der Waals surface area contributed by atoms with Crippen molar-refractivity contribution in [2.24, 2.45) is 11.0 Å². The number of allylic oxidation sites excluding steroid dienone is 1. The number of para-hydroxylation sites is 1. The van der Waals surface area contributed by atoms with Crippen LogP contribution in [-0.2, 0) is 4.79 Å². The van der Waals surface area contributed by atoms with Crippen molar-refractivity contribution in [3.63, 3.8) is 0 Å². The van der Waals surface area contributed by atoms with Gasteiger partial charge in [-0.1, -0.05) is 12.1 Å². The Labute approximate surface area is 178 Å². The molecule has 2 aromatic heterocycles. The van der Waals surface area contributed by atoms with Crippen LogP contribution < -0.4 is 4.74 Å². The van der Waals surface area contributed by atoms with E-state index in [9.17, 15) is 9.18 Å². The van der Waals surface area contributed by atoms with E-state index >= 15 is 0 Å². The molecule has 1 aliphatic heterocycles. The zero-order chi connectivity index (χ0) is 21.2. The molecule has 1 saturated carbocycles. The number of carbonyl (C=O) groups excluding carboxylic acids is 1. The molecule has 3 aromatic rings. The molecule has 1 fully saturated rings. The lowest BCUT2D eigenvalue weighted by Gasteiger charge is -2.27. The first-order chi connectivity index (χ1) is 15.2. The smallest absolute Gasteiger partial charge is 0.281 e. The fraction of sp³-hybridized carbons (Fsp3) is 0.250. The molecule has 0 unspecified atom stereocenters. The summed E-state index contributed by atoms with van der Waals surface area (Å²) in [5, 5.41) is 6.13. The predicted octanol–water partition coefficient (Wildman–Crippen LogP) is 5.21.